The molecule has 1 aliphatic heterocycles. The van der Waals surface area contributed by atoms with Crippen molar-refractivity contribution in [1.82, 2.24) is 14.7 Å². The number of halogens is 2. The van der Waals surface area contributed by atoms with Gasteiger partial charge in [-0.25, -0.2) is 8.78 Å². The van der Waals surface area contributed by atoms with Crippen LogP contribution < -0.4 is 10.7 Å². The van der Waals surface area contributed by atoms with E-state index in [2.05, 4.69) is 54.0 Å². The second-order valence-corrected chi connectivity index (χ2v) is 11.3. The smallest absolute Gasteiger partial charge is 0.206 e. The van der Waals surface area contributed by atoms with Gasteiger partial charge in [0.05, 0.1) is 11.7 Å². The lowest BCUT2D eigenvalue weighted by Crippen LogP contribution is -2.47. The van der Waals surface area contributed by atoms with Crippen LogP contribution in [-0.4, -0.2) is 68.1 Å². The van der Waals surface area contributed by atoms with Gasteiger partial charge >= 0.3 is 0 Å². The van der Waals surface area contributed by atoms with E-state index in [-0.39, 0.29) is 23.1 Å². The maximum atomic E-state index is 13.7. The molecule has 40 heavy (non-hydrogen) atoms. The molecule has 4 rings (SSSR count). The predicted octanol–water partition coefficient (Wildman–Crippen LogP) is 5.72. The number of benzene rings is 2. The van der Waals surface area contributed by atoms with Crippen LogP contribution in [0.15, 0.2) is 71.5 Å². The van der Waals surface area contributed by atoms with E-state index < -0.39 is 0 Å². The molecule has 0 bridgehead atoms. The molecule has 0 radical (unpaired) electrons. The van der Waals surface area contributed by atoms with Crippen molar-refractivity contribution in [3.05, 3.63) is 111 Å². The van der Waals surface area contributed by atoms with E-state index in [1.54, 1.807) is 0 Å². The number of nitrogens with one attached hydrogen (secondary N) is 1. The van der Waals surface area contributed by atoms with Gasteiger partial charge in [0, 0.05) is 44.8 Å². The molecule has 1 N–H and O–H groups in total. The topological polar surface area (TPSA) is 38.8 Å². The summed E-state index contributed by atoms with van der Waals surface area (Å²) in [5.74, 6) is -0.230. The van der Waals surface area contributed by atoms with Crippen molar-refractivity contribution in [2.45, 2.75) is 38.8 Å². The Labute approximate surface area is 237 Å². The third kappa shape index (κ3) is 7.96. The maximum Gasteiger partial charge on any atom is 0.206 e. The van der Waals surface area contributed by atoms with E-state index in [1.165, 1.54) is 24.3 Å². The van der Waals surface area contributed by atoms with Crippen molar-refractivity contribution in [3.8, 4) is 0 Å². The first-order chi connectivity index (χ1) is 19.2. The predicted molar refractivity (Wildman–Crippen MR) is 160 cm³/mol. The van der Waals surface area contributed by atoms with Crippen LogP contribution in [0.1, 0.15) is 54.5 Å². The molecule has 3 aromatic carbocycles. The Bertz CT molecular complexity index is 1240. The summed E-state index contributed by atoms with van der Waals surface area (Å²) in [4.78, 5) is 20.4. The average Bonchev–Trinajstić information content (AvgIpc) is 3.08. The zero-order valence-electron chi connectivity index (χ0n) is 24.2. The first kappa shape index (κ1) is 29.8. The Morgan fingerprint density at radius 1 is 0.825 bits per heavy atom. The number of rotatable bonds is 11. The first-order valence-electron chi connectivity index (χ1n) is 14.2. The third-order valence-corrected chi connectivity index (χ3v) is 7.63. The lowest BCUT2D eigenvalue weighted by Gasteiger charge is -2.39. The number of hydrogen-bond donors (Lipinski definition) is 1. The van der Waals surface area contributed by atoms with Crippen LogP contribution in [0.2, 0.25) is 0 Å². The summed E-state index contributed by atoms with van der Waals surface area (Å²) in [6.07, 6.45) is 0.961. The number of nitrogens with zero attached hydrogens (tertiary/aromatic N) is 3. The fraction of sp³-hybridized carbons (Fsp3) is 0.424. The van der Waals surface area contributed by atoms with Crippen LogP contribution in [0, 0.1) is 11.6 Å². The van der Waals surface area contributed by atoms with Crippen molar-refractivity contribution in [3.63, 3.8) is 0 Å². The summed E-state index contributed by atoms with van der Waals surface area (Å²) in [6.45, 7) is 9.73. The van der Waals surface area contributed by atoms with Crippen LogP contribution in [-0.2, 0) is 6.54 Å². The van der Waals surface area contributed by atoms with Crippen molar-refractivity contribution in [1.29, 1.82) is 0 Å². The van der Waals surface area contributed by atoms with Gasteiger partial charge in [-0.3, -0.25) is 14.6 Å². The molecule has 0 amide bonds. The van der Waals surface area contributed by atoms with Crippen LogP contribution in [0.5, 0.6) is 0 Å². The zero-order valence-corrected chi connectivity index (χ0v) is 24.2. The number of piperazine rings is 1. The summed E-state index contributed by atoms with van der Waals surface area (Å²) in [6, 6.07) is 19.1. The molecule has 7 heteroatoms. The molecule has 0 saturated carbocycles. The van der Waals surface area contributed by atoms with Crippen LogP contribution in [0.25, 0.3) is 0 Å². The fourth-order valence-electron chi connectivity index (χ4n) is 5.28. The maximum absolute atomic E-state index is 13.7. The summed E-state index contributed by atoms with van der Waals surface area (Å²) >= 11 is 0. The van der Waals surface area contributed by atoms with E-state index in [0.717, 1.165) is 67.9 Å². The molecule has 214 valence electrons. The van der Waals surface area contributed by atoms with Crippen molar-refractivity contribution >= 4 is 5.69 Å². The quantitative estimate of drug-likeness (QED) is 0.311. The Morgan fingerprint density at radius 2 is 1.38 bits per heavy atom. The summed E-state index contributed by atoms with van der Waals surface area (Å²) in [7, 11) is 4.11. The third-order valence-electron chi connectivity index (χ3n) is 7.63. The minimum absolute atomic E-state index is 0.0645. The molecule has 0 spiro atoms. The monoisotopic (exact) mass is 548 g/mol. The van der Waals surface area contributed by atoms with Crippen molar-refractivity contribution in [2.24, 2.45) is 0 Å². The number of anilines is 1. The van der Waals surface area contributed by atoms with Gasteiger partial charge in [0.25, 0.3) is 0 Å². The molecule has 5 nitrogen and oxygen atoms in total. The van der Waals surface area contributed by atoms with Gasteiger partial charge < -0.3 is 10.2 Å². The molecule has 0 unspecified atom stereocenters. The van der Waals surface area contributed by atoms with Crippen LogP contribution in [0.3, 0.4) is 0 Å². The van der Waals surface area contributed by atoms with E-state index in [9.17, 15) is 13.6 Å². The van der Waals surface area contributed by atoms with Crippen LogP contribution >= 0.6 is 0 Å². The van der Waals surface area contributed by atoms with Crippen molar-refractivity contribution < 1.29 is 8.78 Å². The Hall–Kier alpha value is -3.13. The zero-order chi connectivity index (χ0) is 28.6. The summed E-state index contributed by atoms with van der Waals surface area (Å²) in [5, 5.41) is 3.41. The van der Waals surface area contributed by atoms with Gasteiger partial charge in [0.1, 0.15) is 11.6 Å². The second-order valence-electron chi connectivity index (χ2n) is 11.3. The standard InChI is InChI=1S/C33H42F2N4O/c1-24(2)27-6-7-28(33(40)31(22-27)36-16-5-17-37(3)4)23-38-18-20-39(21-19-38)32(25-8-12-29(34)13-9-25)26-10-14-30(35)15-11-26/h6-15,22,24,32H,5,16-21,23H2,1-4H3,(H,36,40). The molecule has 1 saturated heterocycles. The SMILES string of the molecule is CC(C)c1ccc(CN2CCN(C(c3ccc(F)cc3)c3ccc(F)cc3)CC2)c(=O)c(NCCCN(C)C)c1. The van der Waals surface area contributed by atoms with Crippen molar-refractivity contribution in [2.75, 3.05) is 58.7 Å². The van der Waals surface area contributed by atoms with E-state index in [1.807, 2.05) is 36.4 Å². The summed E-state index contributed by atoms with van der Waals surface area (Å²) in [5.41, 5.74) is 4.63. The fourth-order valence-corrected chi connectivity index (χ4v) is 5.28. The lowest BCUT2D eigenvalue weighted by atomic mass is 9.96. The van der Waals surface area contributed by atoms with Gasteiger partial charge in [0.2, 0.25) is 5.43 Å². The molecule has 3 aromatic rings. The molecule has 0 atom stereocenters. The van der Waals surface area contributed by atoms with Gasteiger partial charge in [-0.2, -0.15) is 0 Å². The molecular weight excluding hydrogens is 506 g/mol. The second kappa shape index (κ2) is 14.0. The van der Waals surface area contributed by atoms with Crippen LogP contribution in [0.4, 0.5) is 14.5 Å². The van der Waals surface area contributed by atoms with Gasteiger partial charge in [-0.05, 0) is 80.0 Å². The minimum Gasteiger partial charge on any atom is -0.382 e. The highest BCUT2D eigenvalue weighted by atomic mass is 19.1. The van der Waals surface area contributed by atoms with Gasteiger partial charge in [0.15, 0.2) is 0 Å². The Morgan fingerprint density at radius 3 is 1.90 bits per heavy atom. The normalized spacial score (nSPS) is 14.8. The highest BCUT2D eigenvalue weighted by Gasteiger charge is 2.27. The molecule has 1 fully saturated rings. The Kier molecular flexibility index (Phi) is 10.4. The number of hydrogen-bond acceptors (Lipinski definition) is 5. The largest absolute Gasteiger partial charge is 0.382 e. The van der Waals surface area contributed by atoms with Gasteiger partial charge in [-0.15, -0.1) is 0 Å². The molecular formula is C33H42F2N4O. The van der Waals surface area contributed by atoms with Gasteiger partial charge in [-0.1, -0.05) is 50.2 Å². The van der Waals surface area contributed by atoms with E-state index >= 15 is 0 Å². The Balaban J connectivity index is 1.49. The lowest BCUT2D eigenvalue weighted by molar-refractivity contribution is 0.104. The van der Waals surface area contributed by atoms with E-state index in [4.69, 9.17) is 0 Å². The van der Waals surface area contributed by atoms with E-state index in [0.29, 0.717) is 18.2 Å². The first-order valence-corrected chi connectivity index (χ1v) is 14.2. The molecule has 1 aliphatic rings. The molecule has 0 aromatic heterocycles. The molecule has 0 aliphatic carbocycles. The minimum atomic E-state index is -0.275. The summed E-state index contributed by atoms with van der Waals surface area (Å²) < 4.78 is 27.4. The highest BCUT2D eigenvalue weighted by molar-refractivity contribution is 5.48. The molecule has 1 heterocycles. The highest BCUT2D eigenvalue weighted by Crippen LogP contribution is 2.30. The average molecular weight is 549 g/mol.